The van der Waals surface area contributed by atoms with Gasteiger partial charge in [-0.25, -0.2) is 0 Å². The van der Waals surface area contributed by atoms with Crippen LogP contribution >= 0.6 is 0 Å². The molecule has 2 nitrogen and oxygen atoms in total. The summed E-state index contributed by atoms with van der Waals surface area (Å²) in [7, 11) is 0. The summed E-state index contributed by atoms with van der Waals surface area (Å²) in [6.07, 6.45) is 9.54. The van der Waals surface area contributed by atoms with E-state index in [0.717, 1.165) is 5.92 Å². The van der Waals surface area contributed by atoms with Crippen LogP contribution in [-0.2, 0) is 0 Å². The summed E-state index contributed by atoms with van der Waals surface area (Å²) in [5, 5.41) is 0. The number of unbranched alkanes of at least 4 members (excludes halogenated alkanes) is 1. The lowest BCUT2D eigenvalue weighted by Crippen LogP contribution is -2.35. The van der Waals surface area contributed by atoms with E-state index in [-0.39, 0.29) is 0 Å². The predicted octanol–water partition coefficient (Wildman–Crippen LogP) is 4.80. The van der Waals surface area contributed by atoms with Gasteiger partial charge in [-0.1, -0.05) is 62.8 Å². The van der Waals surface area contributed by atoms with Gasteiger partial charge in [-0.15, -0.1) is 0 Å². The Labute approximate surface area is 130 Å². The van der Waals surface area contributed by atoms with E-state index in [2.05, 4.69) is 44.4 Å². The van der Waals surface area contributed by atoms with Crippen LogP contribution < -0.4 is 11.3 Å². The van der Waals surface area contributed by atoms with Gasteiger partial charge in [0.05, 0.1) is 0 Å². The summed E-state index contributed by atoms with van der Waals surface area (Å²) in [5.41, 5.74) is 7.20. The maximum absolute atomic E-state index is 5.92. The molecule has 2 rings (SSSR count). The molecular weight excluding hydrogens is 256 g/mol. The van der Waals surface area contributed by atoms with E-state index in [1.807, 2.05) is 0 Å². The van der Waals surface area contributed by atoms with Gasteiger partial charge < -0.3 is 0 Å². The van der Waals surface area contributed by atoms with E-state index >= 15 is 0 Å². The molecule has 1 aromatic rings. The van der Waals surface area contributed by atoms with Gasteiger partial charge in [-0.2, -0.15) is 0 Å². The summed E-state index contributed by atoms with van der Waals surface area (Å²) in [6, 6.07) is 7.04. The lowest BCUT2D eigenvalue weighted by molar-refractivity contribution is 0.213. The first-order chi connectivity index (χ1) is 10.2. The van der Waals surface area contributed by atoms with Crippen molar-refractivity contribution >= 4 is 0 Å². The highest BCUT2D eigenvalue weighted by Crippen LogP contribution is 2.39. The molecule has 0 saturated heterocycles. The number of rotatable bonds is 6. The average molecular weight is 288 g/mol. The molecule has 1 unspecified atom stereocenters. The van der Waals surface area contributed by atoms with Crippen molar-refractivity contribution in [1.82, 2.24) is 5.43 Å². The zero-order valence-electron chi connectivity index (χ0n) is 14.0. The Morgan fingerprint density at radius 2 is 1.90 bits per heavy atom. The molecule has 0 spiro atoms. The molecule has 1 aromatic carbocycles. The minimum absolute atomic E-state index is 0.317. The second kappa shape index (κ2) is 7.95. The molecule has 0 amide bonds. The Balaban J connectivity index is 2.01. The summed E-state index contributed by atoms with van der Waals surface area (Å²) < 4.78 is 0. The highest BCUT2D eigenvalue weighted by molar-refractivity contribution is 5.33. The fraction of sp³-hybridized carbons (Fsp3) is 0.684. The molecule has 0 heterocycles. The maximum Gasteiger partial charge on any atom is 0.0490 e. The number of nitrogens with one attached hydrogen (secondary N) is 1. The SMILES string of the molecule is CCCCC1CCC(C(NN)c2cc(C)ccc2C)CC1. The first kappa shape index (κ1) is 16.5. The lowest BCUT2D eigenvalue weighted by atomic mass is 9.75. The quantitative estimate of drug-likeness (QED) is 0.582. The van der Waals surface area contributed by atoms with Gasteiger partial charge in [-0.05, 0) is 49.7 Å². The van der Waals surface area contributed by atoms with E-state index in [1.165, 1.54) is 61.6 Å². The van der Waals surface area contributed by atoms with Gasteiger partial charge in [0.15, 0.2) is 0 Å². The van der Waals surface area contributed by atoms with Crippen LogP contribution in [0.1, 0.15) is 74.6 Å². The normalized spacial score (nSPS) is 24.0. The van der Waals surface area contributed by atoms with E-state index < -0.39 is 0 Å². The lowest BCUT2D eigenvalue weighted by Gasteiger charge is -2.34. The van der Waals surface area contributed by atoms with Crippen LogP contribution in [0.2, 0.25) is 0 Å². The minimum Gasteiger partial charge on any atom is -0.271 e. The maximum atomic E-state index is 5.92. The van der Waals surface area contributed by atoms with E-state index in [4.69, 9.17) is 5.84 Å². The minimum atomic E-state index is 0.317. The molecular formula is C19H32N2. The molecule has 1 aliphatic rings. The van der Waals surface area contributed by atoms with Gasteiger partial charge >= 0.3 is 0 Å². The van der Waals surface area contributed by atoms with E-state index in [1.54, 1.807) is 0 Å². The van der Waals surface area contributed by atoms with Crippen LogP contribution in [0.3, 0.4) is 0 Å². The molecule has 1 atom stereocenters. The molecule has 21 heavy (non-hydrogen) atoms. The Morgan fingerprint density at radius 3 is 2.52 bits per heavy atom. The molecule has 1 fully saturated rings. The number of benzene rings is 1. The average Bonchev–Trinajstić information content (AvgIpc) is 2.50. The monoisotopic (exact) mass is 288 g/mol. The van der Waals surface area contributed by atoms with Crippen molar-refractivity contribution in [2.75, 3.05) is 0 Å². The molecule has 1 aliphatic carbocycles. The fourth-order valence-corrected chi connectivity index (χ4v) is 3.88. The predicted molar refractivity (Wildman–Crippen MR) is 91.0 cm³/mol. The standard InChI is InChI=1S/C19H32N2/c1-4-5-6-16-9-11-17(12-10-16)19(21-20)18-13-14(2)7-8-15(18)3/h7-8,13,16-17,19,21H,4-6,9-12,20H2,1-3H3. The number of hydrogen-bond acceptors (Lipinski definition) is 2. The molecule has 2 heteroatoms. The topological polar surface area (TPSA) is 38.0 Å². The number of hydrazine groups is 1. The molecule has 0 bridgehead atoms. The Bertz CT molecular complexity index is 433. The van der Waals surface area contributed by atoms with Gasteiger partial charge in [0, 0.05) is 6.04 Å². The summed E-state index contributed by atoms with van der Waals surface area (Å²) >= 11 is 0. The fourth-order valence-electron chi connectivity index (χ4n) is 3.88. The van der Waals surface area contributed by atoms with Gasteiger partial charge in [0.25, 0.3) is 0 Å². The van der Waals surface area contributed by atoms with Crippen LogP contribution in [0.15, 0.2) is 18.2 Å². The second-order valence-corrected chi connectivity index (χ2v) is 6.93. The zero-order chi connectivity index (χ0) is 15.2. The Morgan fingerprint density at radius 1 is 1.19 bits per heavy atom. The van der Waals surface area contributed by atoms with Crippen molar-refractivity contribution in [1.29, 1.82) is 0 Å². The van der Waals surface area contributed by atoms with E-state index in [0.29, 0.717) is 12.0 Å². The summed E-state index contributed by atoms with van der Waals surface area (Å²) in [4.78, 5) is 0. The Kier molecular flexibility index (Phi) is 6.25. The summed E-state index contributed by atoms with van der Waals surface area (Å²) in [6.45, 7) is 6.66. The highest BCUT2D eigenvalue weighted by Gasteiger charge is 2.28. The number of nitrogens with two attached hydrogens (primary N) is 1. The van der Waals surface area contributed by atoms with Crippen molar-refractivity contribution in [3.05, 3.63) is 34.9 Å². The molecule has 0 aliphatic heterocycles. The first-order valence-corrected chi connectivity index (χ1v) is 8.69. The van der Waals surface area contributed by atoms with Crippen LogP contribution in [0, 0.1) is 25.7 Å². The number of aryl methyl sites for hydroxylation is 2. The van der Waals surface area contributed by atoms with Crippen molar-refractivity contribution < 1.29 is 0 Å². The zero-order valence-corrected chi connectivity index (χ0v) is 14.0. The van der Waals surface area contributed by atoms with Crippen LogP contribution in [0.5, 0.6) is 0 Å². The third kappa shape index (κ3) is 4.31. The first-order valence-electron chi connectivity index (χ1n) is 8.69. The molecule has 118 valence electrons. The highest BCUT2D eigenvalue weighted by atomic mass is 15.2. The molecule has 3 N–H and O–H groups in total. The van der Waals surface area contributed by atoms with Gasteiger partial charge in [-0.3, -0.25) is 11.3 Å². The van der Waals surface area contributed by atoms with Crippen LogP contribution in [0.25, 0.3) is 0 Å². The second-order valence-electron chi connectivity index (χ2n) is 6.93. The van der Waals surface area contributed by atoms with Crippen LogP contribution in [0.4, 0.5) is 0 Å². The van der Waals surface area contributed by atoms with Gasteiger partial charge in [0.1, 0.15) is 0 Å². The van der Waals surface area contributed by atoms with Gasteiger partial charge in [0.2, 0.25) is 0 Å². The van der Waals surface area contributed by atoms with Crippen molar-refractivity contribution in [3.8, 4) is 0 Å². The smallest absolute Gasteiger partial charge is 0.0490 e. The van der Waals surface area contributed by atoms with Crippen molar-refractivity contribution in [3.63, 3.8) is 0 Å². The summed E-state index contributed by atoms with van der Waals surface area (Å²) in [5.74, 6) is 7.56. The molecule has 0 radical (unpaired) electrons. The Hall–Kier alpha value is -0.860. The molecule has 0 aromatic heterocycles. The third-order valence-electron chi connectivity index (χ3n) is 5.28. The number of hydrogen-bond donors (Lipinski definition) is 2. The van der Waals surface area contributed by atoms with Crippen molar-refractivity contribution in [2.24, 2.45) is 17.7 Å². The van der Waals surface area contributed by atoms with Crippen molar-refractivity contribution in [2.45, 2.75) is 71.8 Å². The third-order valence-corrected chi connectivity index (χ3v) is 5.28. The molecule has 1 saturated carbocycles. The van der Waals surface area contributed by atoms with Crippen LogP contribution in [-0.4, -0.2) is 0 Å². The largest absolute Gasteiger partial charge is 0.271 e. The van der Waals surface area contributed by atoms with E-state index in [9.17, 15) is 0 Å².